The highest BCUT2D eigenvalue weighted by molar-refractivity contribution is 6.00. The zero-order chi connectivity index (χ0) is 22.2. The number of alkyl halides is 2. The summed E-state index contributed by atoms with van der Waals surface area (Å²) in [5.74, 6) is -0.672. The van der Waals surface area contributed by atoms with Gasteiger partial charge in [-0.1, -0.05) is 42.5 Å². The fraction of sp³-hybridized carbons (Fsp3) is 0.208. The average molecular weight is 436 g/mol. The third kappa shape index (κ3) is 3.51. The summed E-state index contributed by atoms with van der Waals surface area (Å²) in [6, 6.07) is 16.1. The number of likely N-dealkylation sites (tertiary alicyclic amines) is 1. The summed E-state index contributed by atoms with van der Waals surface area (Å²) in [6.07, 6.45) is 0.0369. The van der Waals surface area contributed by atoms with E-state index in [1.807, 2.05) is 6.07 Å². The first-order chi connectivity index (χ1) is 15.5. The topological polar surface area (TPSA) is 50.5 Å². The first-order valence-electron chi connectivity index (χ1n) is 10.3. The maximum absolute atomic E-state index is 13.8. The lowest BCUT2D eigenvalue weighted by molar-refractivity contribution is 0.0737. The molecule has 0 saturated carbocycles. The summed E-state index contributed by atoms with van der Waals surface area (Å²) in [7, 11) is 0. The number of carbonyl (C=O) groups excluding carboxylic acids is 1. The van der Waals surface area contributed by atoms with E-state index in [-0.39, 0.29) is 34.7 Å². The van der Waals surface area contributed by atoms with E-state index in [1.54, 1.807) is 41.3 Å². The molecule has 8 heteroatoms. The van der Waals surface area contributed by atoms with E-state index in [4.69, 9.17) is 0 Å². The van der Waals surface area contributed by atoms with Crippen LogP contribution in [0.1, 0.15) is 46.9 Å². The molecule has 1 aliphatic heterocycles. The van der Waals surface area contributed by atoms with Gasteiger partial charge in [0.2, 0.25) is 0 Å². The van der Waals surface area contributed by atoms with Gasteiger partial charge in [0.1, 0.15) is 17.1 Å². The highest BCUT2D eigenvalue weighted by Gasteiger charge is 2.33. The summed E-state index contributed by atoms with van der Waals surface area (Å²) in [5, 5.41) is 4.05. The minimum atomic E-state index is -2.79. The van der Waals surface area contributed by atoms with Gasteiger partial charge in [-0.05, 0) is 36.6 Å². The fourth-order valence-electron chi connectivity index (χ4n) is 4.25. The lowest BCUT2D eigenvalue weighted by Crippen LogP contribution is -2.30. The molecule has 1 unspecified atom stereocenters. The van der Waals surface area contributed by atoms with Crippen LogP contribution in [0, 0.1) is 5.82 Å². The zero-order valence-electron chi connectivity index (χ0n) is 17.0. The normalized spacial score (nSPS) is 16.2. The second kappa shape index (κ2) is 8.11. The number of benzene rings is 2. The van der Waals surface area contributed by atoms with Crippen LogP contribution in [0.4, 0.5) is 13.2 Å². The predicted octanol–water partition coefficient (Wildman–Crippen LogP) is 5.45. The third-order valence-electron chi connectivity index (χ3n) is 5.79. The molecule has 2 aromatic carbocycles. The molecule has 1 fully saturated rings. The molecule has 32 heavy (non-hydrogen) atoms. The number of aromatic nitrogens is 3. The number of hydrogen-bond acceptors (Lipinski definition) is 3. The number of amides is 1. The van der Waals surface area contributed by atoms with Crippen LogP contribution in [0.5, 0.6) is 0 Å². The molecule has 0 bridgehead atoms. The van der Waals surface area contributed by atoms with Crippen LogP contribution in [-0.4, -0.2) is 31.9 Å². The maximum atomic E-state index is 13.8. The van der Waals surface area contributed by atoms with Crippen molar-refractivity contribution in [3.8, 4) is 11.3 Å². The summed E-state index contributed by atoms with van der Waals surface area (Å²) in [6.45, 7) is 0.512. The number of fused-ring (bicyclic) bond motifs is 1. The van der Waals surface area contributed by atoms with Gasteiger partial charge in [0.05, 0.1) is 17.9 Å². The monoisotopic (exact) mass is 436 g/mol. The van der Waals surface area contributed by atoms with E-state index in [1.165, 1.54) is 24.4 Å². The van der Waals surface area contributed by atoms with Gasteiger partial charge in [-0.25, -0.2) is 22.7 Å². The molecule has 3 heterocycles. The van der Waals surface area contributed by atoms with Crippen LogP contribution in [0.25, 0.3) is 16.9 Å². The Morgan fingerprint density at radius 3 is 2.53 bits per heavy atom. The van der Waals surface area contributed by atoms with Gasteiger partial charge < -0.3 is 4.90 Å². The van der Waals surface area contributed by atoms with E-state index in [9.17, 15) is 18.0 Å². The number of rotatable bonds is 4. The van der Waals surface area contributed by atoms with Crippen molar-refractivity contribution < 1.29 is 18.0 Å². The Bertz CT molecular complexity index is 1270. The van der Waals surface area contributed by atoms with Gasteiger partial charge in [0.25, 0.3) is 12.3 Å². The second-order valence-electron chi connectivity index (χ2n) is 7.73. The minimum absolute atomic E-state index is 0.0939. The summed E-state index contributed by atoms with van der Waals surface area (Å²) >= 11 is 0. The molecule has 0 radical (unpaired) electrons. The standard InChI is InChI=1S/C24H19F3N4O/c25-17-10-8-16(9-11-17)20-7-4-12-30(20)24(32)18-14-28-31-21(22(26)27)13-19(29-23(18)31)15-5-2-1-3-6-15/h1-3,5-6,8-11,13-14,20,22H,4,7,12H2. The largest absolute Gasteiger partial charge is 0.331 e. The molecule has 1 aliphatic rings. The van der Waals surface area contributed by atoms with Crippen molar-refractivity contribution in [3.63, 3.8) is 0 Å². The van der Waals surface area contributed by atoms with Crippen LogP contribution in [-0.2, 0) is 0 Å². The van der Waals surface area contributed by atoms with Crippen molar-refractivity contribution in [2.24, 2.45) is 0 Å². The zero-order valence-corrected chi connectivity index (χ0v) is 17.0. The molecule has 4 aromatic rings. The molecule has 1 amide bonds. The van der Waals surface area contributed by atoms with Crippen molar-refractivity contribution in [2.45, 2.75) is 25.3 Å². The Labute approximate surface area is 182 Å². The van der Waals surface area contributed by atoms with E-state index in [2.05, 4.69) is 10.1 Å². The van der Waals surface area contributed by atoms with Gasteiger partial charge in [-0.2, -0.15) is 5.10 Å². The lowest BCUT2D eigenvalue weighted by Gasteiger charge is -2.24. The minimum Gasteiger partial charge on any atom is -0.331 e. The number of hydrogen-bond donors (Lipinski definition) is 0. The molecule has 0 spiro atoms. The summed E-state index contributed by atoms with van der Waals surface area (Å²) < 4.78 is 42.0. The van der Waals surface area contributed by atoms with Gasteiger partial charge in [0.15, 0.2) is 5.65 Å². The molecule has 5 nitrogen and oxygen atoms in total. The number of carbonyl (C=O) groups is 1. The smallest absolute Gasteiger partial charge is 0.280 e. The molecule has 2 aromatic heterocycles. The van der Waals surface area contributed by atoms with Crippen molar-refractivity contribution >= 4 is 11.6 Å². The predicted molar refractivity (Wildman–Crippen MR) is 113 cm³/mol. The molecule has 5 rings (SSSR count). The average Bonchev–Trinajstić information content (AvgIpc) is 3.46. The van der Waals surface area contributed by atoms with Crippen LogP contribution in [0.2, 0.25) is 0 Å². The quantitative estimate of drug-likeness (QED) is 0.428. The Hall–Kier alpha value is -3.68. The van der Waals surface area contributed by atoms with Crippen molar-refractivity contribution in [2.75, 3.05) is 6.54 Å². The van der Waals surface area contributed by atoms with E-state index in [0.29, 0.717) is 17.8 Å². The lowest BCUT2D eigenvalue weighted by atomic mass is 10.0. The molecule has 0 N–H and O–H groups in total. The van der Waals surface area contributed by atoms with Crippen molar-refractivity contribution in [1.82, 2.24) is 19.5 Å². The molecule has 1 atom stereocenters. The van der Waals surface area contributed by atoms with Crippen LogP contribution < -0.4 is 0 Å². The highest BCUT2D eigenvalue weighted by Crippen LogP contribution is 2.34. The van der Waals surface area contributed by atoms with Crippen molar-refractivity contribution in [3.05, 3.63) is 89.5 Å². The number of nitrogens with zero attached hydrogens (tertiary/aromatic N) is 4. The molecule has 1 saturated heterocycles. The highest BCUT2D eigenvalue weighted by atomic mass is 19.3. The Morgan fingerprint density at radius 2 is 1.81 bits per heavy atom. The molecular formula is C24H19F3N4O. The van der Waals surface area contributed by atoms with E-state index in [0.717, 1.165) is 22.9 Å². The second-order valence-corrected chi connectivity index (χ2v) is 7.73. The number of halogens is 3. The van der Waals surface area contributed by atoms with Crippen LogP contribution in [0.15, 0.2) is 66.9 Å². The first kappa shape index (κ1) is 20.2. The Kier molecular flexibility index (Phi) is 5.13. The van der Waals surface area contributed by atoms with E-state index < -0.39 is 6.43 Å². The van der Waals surface area contributed by atoms with Crippen molar-refractivity contribution in [1.29, 1.82) is 0 Å². The summed E-state index contributed by atoms with van der Waals surface area (Å²) in [4.78, 5) is 19.7. The molecule has 0 aliphatic carbocycles. The fourth-order valence-corrected chi connectivity index (χ4v) is 4.25. The van der Waals surface area contributed by atoms with E-state index >= 15 is 0 Å². The third-order valence-corrected chi connectivity index (χ3v) is 5.79. The van der Waals surface area contributed by atoms with Gasteiger partial charge in [0, 0.05) is 12.1 Å². The van der Waals surface area contributed by atoms with Gasteiger partial charge in [-0.15, -0.1) is 0 Å². The van der Waals surface area contributed by atoms with Crippen LogP contribution >= 0.6 is 0 Å². The Balaban J connectivity index is 1.58. The summed E-state index contributed by atoms with van der Waals surface area (Å²) in [5.41, 5.74) is 1.78. The molecule has 162 valence electrons. The maximum Gasteiger partial charge on any atom is 0.280 e. The Morgan fingerprint density at radius 1 is 1.06 bits per heavy atom. The van der Waals surface area contributed by atoms with Gasteiger partial charge >= 0.3 is 0 Å². The first-order valence-corrected chi connectivity index (χ1v) is 10.3. The van der Waals surface area contributed by atoms with Crippen LogP contribution in [0.3, 0.4) is 0 Å². The van der Waals surface area contributed by atoms with Gasteiger partial charge in [-0.3, -0.25) is 4.79 Å². The SMILES string of the molecule is O=C(c1cnn2c(C(F)F)cc(-c3ccccc3)nc12)N1CCCC1c1ccc(F)cc1. The molecular weight excluding hydrogens is 417 g/mol.